The van der Waals surface area contributed by atoms with Gasteiger partial charge in [-0.05, 0) is 18.1 Å². The van der Waals surface area contributed by atoms with Crippen LogP contribution in [-0.2, 0) is 11.2 Å². The quantitative estimate of drug-likeness (QED) is 0.590. The van der Waals surface area contributed by atoms with Gasteiger partial charge in [0.2, 0.25) is 0 Å². The van der Waals surface area contributed by atoms with Crippen molar-refractivity contribution in [3.8, 4) is 0 Å². The van der Waals surface area contributed by atoms with Crippen molar-refractivity contribution in [2.75, 3.05) is 5.32 Å². The molecule has 2 heterocycles. The normalized spacial score (nSPS) is 25.9. The van der Waals surface area contributed by atoms with E-state index < -0.39 is 0 Å². The number of nitrogens with two attached hydrogens (primary N) is 1. The molecule has 1 aromatic heterocycles. The summed E-state index contributed by atoms with van der Waals surface area (Å²) in [6, 6.07) is 1.45. The number of nitrogens with one attached hydrogen (secondary N) is 1. The number of fused-ring (bicyclic) bond motifs is 1. The van der Waals surface area contributed by atoms with Crippen LogP contribution in [0.3, 0.4) is 0 Å². The van der Waals surface area contributed by atoms with Crippen molar-refractivity contribution in [2.24, 2.45) is 5.73 Å². The lowest BCUT2D eigenvalue weighted by Crippen LogP contribution is -2.46. The van der Waals surface area contributed by atoms with Crippen molar-refractivity contribution >= 4 is 12.0 Å². The third-order valence-electron chi connectivity index (χ3n) is 2.29. The molecule has 13 heavy (non-hydrogen) atoms. The Labute approximate surface area is 76.2 Å². The monoisotopic (exact) mass is 177 g/mol. The zero-order chi connectivity index (χ0) is 9.26. The summed E-state index contributed by atoms with van der Waals surface area (Å²) in [6.07, 6.45) is 5.04. The molecule has 2 atom stereocenters. The maximum absolute atomic E-state index is 10.6. The number of nitrogens with zero attached hydrogens (tertiary/aromatic N) is 1. The van der Waals surface area contributed by atoms with Crippen molar-refractivity contribution in [3.05, 3.63) is 24.0 Å². The number of pyridine rings is 1. The van der Waals surface area contributed by atoms with E-state index in [4.69, 9.17) is 5.73 Å². The number of aldehydes is 1. The van der Waals surface area contributed by atoms with Crippen molar-refractivity contribution < 1.29 is 4.79 Å². The number of rotatable bonds is 1. The average molecular weight is 177 g/mol. The molecule has 2 unspecified atom stereocenters. The van der Waals surface area contributed by atoms with Gasteiger partial charge in [0.05, 0.1) is 6.04 Å². The highest BCUT2D eigenvalue weighted by molar-refractivity contribution is 5.69. The molecule has 0 saturated carbocycles. The standard InChI is InChI=1S/C9H11N3O/c10-7-3-6-4-11-2-1-8(6)12-9(7)5-13/h1-2,4-5,7,9,12H,3,10H2. The lowest BCUT2D eigenvalue weighted by Gasteiger charge is -2.28. The van der Waals surface area contributed by atoms with Crippen LogP contribution in [-0.4, -0.2) is 23.4 Å². The molecule has 0 saturated heterocycles. The fraction of sp³-hybridized carbons (Fsp3) is 0.333. The fourth-order valence-corrected chi connectivity index (χ4v) is 1.53. The molecule has 0 bridgehead atoms. The number of hydrogen-bond donors (Lipinski definition) is 2. The summed E-state index contributed by atoms with van der Waals surface area (Å²) in [5.74, 6) is 0. The summed E-state index contributed by atoms with van der Waals surface area (Å²) in [5, 5.41) is 3.06. The number of aromatic nitrogens is 1. The maximum Gasteiger partial charge on any atom is 0.143 e. The van der Waals surface area contributed by atoms with Crippen LogP contribution < -0.4 is 11.1 Å². The summed E-state index contributed by atoms with van der Waals surface area (Å²) in [6.45, 7) is 0. The zero-order valence-electron chi connectivity index (χ0n) is 7.10. The van der Waals surface area contributed by atoms with E-state index in [1.807, 2.05) is 6.07 Å². The first-order valence-electron chi connectivity index (χ1n) is 4.21. The topological polar surface area (TPSA) is 68.0 Å². The highest BCUT2D eigenvalue weighted by atomic mass is 16.1. The summed E-state index contributed by atoms with van der Waals surface area (Å²) >= 11 is 0. The van der Waals surface area contributed by atoms with Gasteiger partial charge < -0.3 is 15.8 Å². The van der Waals surface area contributed by atoms with Gasteiger partial charge in [0.1, 0.15) is 6.29 Å². The Balaban J connectivity index is 2.32. The molecular formula is C9H11N3O. The first-order valence-corrected chi connectivity index (χ1v) is 4.21. The Morgan fingerprint density at radius 3 is 3.31 bits per heavy atom. The maximum atomic E-state index is 10.6. The van der Waals surface area contributed by atoms with E-state index in [1.165, 1.54) is 0 Å². The van der Waals surface area contributed by atoms with Gasteiger partial charge >= 0.3 is 0 Å². The third-order valence-corrected chi connectivity index (χ3v) is 2.29. The minimum absolute atomic E-state index is 0.144. The minimum Gasteiger partial charge on any atom is -0.374 e. The van der Waals surface area contributed by atoms with Crippen molar-refractivity contribution in [2.45, 2.75) is 18.5 Å². The molecule has 3 N–H and O–H groups in total. The first kappa shape index (κ1) is 8.19. The van der Waals surface area contributed by atoms with E-state index in [0.717, 1.165) is 17.5 Å². The molecule has 68 valence electrons. The Hall–Kier alpha value is -1.42. The van der Waals surface area contributed by atoms with Crippen molar-refractivity contribution in [1.29, 1.82) is 0 Å². The first-order chi connectivity index (χ1) is 6.31. The summed E-state index contributed by atoms with van der Waals surface area (Å²) in [5.41, 5.74) is 7.83. The van der Waals surface area contributed by atoms with Gasteiger partial charge in [0.15, 0.2) is 0 Å². The average Bonchev–Trinajstić information content (AvgIpc) is 2.17. The highest BCUT2D eigenvalue weighted by Crippen LogP contribution is 2.21. The number of hydrogen-bond acceptors (Lipinski definition) is 4. The minimum atomic E-state index is -0.269. The van der Waals surface area contributed by atoms with Gasteiger partial charge in [-0.1, -0.05) is 0 Å². The van der Waals surface area contributed by atoms with Crippen LogP contribution in [0.15, 0.2) is 18.5 Å². The lowest BCUT2D eigenvalue weighted by atomic mass is 9.96. The predicted octanol–water partition coefficient (Wildman–Crippen LogP) is -0.0556. The number of carbonyl (C=O) groups excluding carboxylic acids is 1. The Kier molecular flexibility index (Phi) is 1.98. The van der Waals surface area contributed by atoms with Crippen LogP contribution in [0, 0.1) is 0 Å². The number of carbonyl (C=O) groups is 1. The van der Waals surface area contributed by atoms with Gasteiger partial charge in [-0.2, -0.15) is 0 Å². The number of anilines is 1. The van der Waals surface area contributed by atoms with Crippen molar-refractivity contribution in [1.82, 2.24) is 4.98 Å². The predicted molar refractivity (Wildman–Crippen MR) is 49.4 cm³/mol. The van der Waals surface area contributed by atoms with Gasteiger partial charge in [-0.25, -0.2) is 0 Å². The van der Waals surface area contributed by atoms with E-state index in [1.54, 1.807) is 12.4 Å². The van der Waals surface area contributed by atoms with Crippen LogP contribution in [0.2, 0.25) is 0 Å². The van der Waals surface area contributed by atoms with E-state index in [9.17, 15) is 4.79 Å². The molecule has 0 fully saturated rings. The Bertz CT molecular complexity index is 326. The van der Waals surface area contributed by atoms with E-state index >= 15 is 0 Å². The van der Waals surface area contributed by atoms with Gasteiger partial charge in [-0.15, -0.1) is 0 Å². The molecular weight excluding hydrogens is 166 g/mol. The van der Waals surface area contributed by atoms with Crippen LogP contribution in [0.25, 0.3) is 0 Å². The summed E-state index contributed by atoms with van der Waals surface area (Å²) in [4.78, 5) is 14.6. The second-order valence-electron chi connectivity index (χ2n) is 3.21. The molecule has 1 aromatic rings. The van der Waals surface area contributed by atoms with Gasteiger partial charge in [-0.3, -0.25) is 4.98 Å². The molecule has 0 amide bonds. The van der Waals surface area contributed by atoms with E-state index in [-0.39, 0.29) is 12.1 Å². The molecule has 0 spiro atoms. The van der Waals surface area contributed by atoms with Crippen LogP contribution >= 0.6 is 0 Å². The molecule has 4 nitrogen and oxygen atoms in total. The molecule has 0 aliphatic carbocycles. The van der Waals surface area contributed by atoms with Crippen LogP contribution in [0.4, 0.5) is 5.69 Å². The summed E-state index contributed by atoms with van der Waals surface area (Å²) in [7, 11) is 0. The molecule has 1 aliphatic heterocycles. The molecule has 0 aromatic carbocycles. The van der Waals surface area contributed by atoms with Gasteiger partial charge in [0.25, 0.3) is 0 Å². The highest BCUT2D eigenvalue weighted by Gasteiger charge is 2.24. The van der Waals surface area contributed by atoms with Crippen LogP contribution in [0.5, 0.6) is 0 Å². The zero-order valence-corrected chi connectivity index (χ0v) is 7.10. The van der Waals surface area contributed by atoms with Crippen LogP contribution in [0.1, 0.15) is 5.56 Å². The molecule has 4 heteroatoms. The second-order valence-corrected chi connectivity index (χ2v) is 3.21. The third kappa shape index (κ3) is 1.40. The smallest absolute Gasteiger partial charge is 0.143 e. The SMILES string of the molecule is NC1Cc2cnccc2NC1C=O. The molecule has 1 aliphatic rings. The molecule has 0 radical (unpaired) electrons. The van der Waals surface area contributed by atoms with Gasteiger partial charge in [0, 0.05) is 24.1 Å². The fourth-order valence-electron chi connectivity index (χ4n) is 1.53. The Morgan fingerprint density at radius 1 is 1.69 bits per heavy atom. The molecule has 2 rings (SSSR count). The summed E-state index contributed by atoms with van der Waals surface area (Å²) < 4.78 is 0. The van der Waals surface area contributed by atoms with E-state index in [0.29, 0.717) is 6.42 Å². The second kappa shape index (κ2) is 3.14. The largest absolute Gasteiger partial charge is 0.374 e. The lowest BCUT2D eigenvalue weighted by molar-refractivity contribution is -0.108. The Morgan fingerprint density at radius 2 is 2.54 bits per heavy atom. The van der Waals surface area contributed by atoms with E-state index in [2.05, 4.69) is 10.3 Å². The van der Waals surface area contributed by atoms with Crippen molar-refractivity contribution in [3.63, 3.8) is 0 Å².